The van der Waals surface area contributed by atoms with Crippen molar-refractivity contribution in [3.8, 4) is 16.9 Å². The summed E-state index contributed by atoms with van der Waals surface area (Å²) in [5, 5.41) is 10.7. The number of methoxy groups -OCH3 is 1. The first-order chi connectivity index (χ1) is 12.7. The Balaban J connectivity index is 1.95. The minimum absolute atomic E-state index is 0.0316. The predicted molar refractivity (Wildman–Crippen MR) is 104 cm³/mol. The maximum atomic E-state index is 12.3. The quantitative estimate of drug-likeness (QED) is 0.655. The Labute approximate surface area is 153 Å². The van der Waals surface area contributed by atoms with Gasteiger partial charge in [-0.05, 0) is 28.7 Å². The summed E-state index contributed by atoms with van der Waals surface area (Å²) in [7, 11) is 1.32. The van der Waals surface area contributed by atoms with E-state index in [9.17, 15) is 9.90 Å². The summed E-state index contributed by atoms with van der Waals surface area (Å²) < 4.78 is 4.89. The minimum Gasteiger partial charge on any atom is -0.507 e. The Kier molecular flexibility index (Phi) is 5.49. The minimum atomic E-state index is -0.546. The number of ether oxygens (including phenoxy) is 1. The van der Waals surface area contributed by atoms with E-state index >= 15 is 0 Å². The number of hydrogen-bond donors (Lipinski definition) is 1. The van der Waals surface area contributed by atoms with E-state index in [0.29, 0.717) is 17.5 Å². The van der Waals surface area contributed by atoms with Crippen LogP contribution < -0.4 is 0 Å². The van der Waals surface area contributed by atoms with E-state index in [1.807, 2.05) is 84.9 Å². The summed E-state index contributed by atoms with van der Waals surface area (Å²) in [6.07, 6.45) is 4.47. The Morgan fingerprint density at radius 1 is 0.962 bits per heavy atom. The Bertz CT molecular complexity index is 913. The van der Waals surface area contributed by atoms with E-state index in [1.165, 1.54) is 7.11 Å². The van der Waals surface area contributed by atoms with Gasteiger partial charge in [-0.25, -0.2) is 4.79 Å². The molecule has 0 spiro atoms. The largest absolute Gasteiger partial charge is 0.507 e. The summed E-state index contributed by atoms with van der Waals surface area (Å²) in [6, 6.07) is 23.1. The summed E-state index contributed by atoms with van der Waals surface area (Å²) in [6.45, 7) is 0. The number of allylic oxidation sites excluding steroid dienone is 1. The van der Waals surface area contributed by atoms with Crippen molar-refractivity contribution < 1.29 is 14.6 Å². The van der Waals surface area contributed by atoms with Crippen molar-refractivity contribution in [2.45, 2.75) is 6.42 Å². The van der Waals surface area contributed by atoms with E-state index in [4.69, 9.17) is 4.74 Å². The number of carbonyl (C=O) groups excluding carboxylic acids is 1. The third kappa shape index (κ3) is 3.83. The molecule has 0 atom stereocenters. The number of hydrogen-bond acceptors (Lipinski definition) is 3. The zero-order valence-corrected chi connectivity index (χ0v) is 14.6. The van der Waals surface area contributed by atoms with Crippen molar-refractivity contribution in [2.24, 2.45) is 0 Å². The molecule has 0 unspecified atom stereocenters. The Hall–Kier alpha value is -3.33. The molecule has 130 valence electrons. The fraction of sp³-hybridized carbons (Fsp3) is 0.0870. The molecular weight excluding hydrogens is 324 g/mol. The van der Waals surface area contributed by atoms with Gasteiger partial charge in [0, 0.05) is 0 Å². The van der Waals surface area contributed by atoms with Gasteiger partial charge in [0.05, 0.1) is 7.11 Å². The Morgan fingerprint density at radius 2 is 1.62 bits per heavy atom. The van der Waals surface area contributed by atoms with Crippen LogP contribution >= 0.6 is 0 Å². The SMILES string of the molecule is COC(=O)c1c(-c2ccccc2)ccc(CC=Cc2ccccc2)c1O. The van der Waals surface area contributed by atoms with Crippen LogP contribution in [-0.4, -0.2) is 18.2 Å². The van der Waals surface area contributed by atoms with Crippen LogP contribution in [0.1, 0.15) is 21.5 Å². The van der Waals surface area contributed by atoms with Crippen LogP contribution in [0, 0.1) is 0 Å². The highest BCUT2D eigenvalue weighted by Gasteiger charge is 2.20. The zero-order valence-electron chi connectivity index (χ0n) is 14.6. The average molecular weight is 344 g/mol. The molecule has 3 heteroatoms. The first-order valence-electron chi connectivity index (χ1n) is 8.41. The smallest absolute Gasteiger partial charge is 0.342 e. The molecule has 0 heterocycles. The lowest BCUT2D eigenvalue weighted by Crippen LogP contribution is -2.05. The fourth-order valence-corrected chi connectivity index (χ4v) is 2.85. The monoisotopic (exact) mass is 344 g/mol. The molecule has 0 radical (unpaired) electrons. The third-order valence-corrected chi connectivity index (χ3v) is 4.18. The molecule has 0 saturated heterocycles. The van der Waals surface area contributed by atoms with Gasteiger partial charge in [0.15, 0.2) is 0 Å². The topological polar surface area (TPSA) is 46.5 Å². The molecule has 0 aliphatic rings. The molecule has 0 saturated carbocycles. The fourth-order valence-electron chi connectivity index (χ4n) is 2.85. The van der Waals surface area contributed by atoms with Gasteiger partial charge in [0.25, 0.3) is 0 Å². The lowest BCUT2D eigenvalue weighted by molar-refractivity contribution is 0.0598. The van der Waals surface area contributed by atoms with Gasteiger partial charge >= 0.3 is 5.97 Å². The van der Waals surface area contributed by atoms with Crippen LogP contribution in [0.4, 0.5) is 0 Å². The van der Waals surface area contributed by atoms with Gasteiger partial charge in [0.2, 0.25) is 0 Å². The number of esters is 1. The van der Waals surface area contributed by atoms with Crippen LogP contribution in [0.3, 0.4) is 0 Å². The molecule has 26 heavy (non-hydrogen) atoms. The average Bonchev–Trinajstić information content (AvgIpc) is 2.70. The van der Waals surface area contributed by atoms with E-state index in [0.717, 1.165) is 11.1 Å². The highest BCUT2D eigenvalue weighted by atomic mass is 16.5. The van der Waals surface area contributed by atoms with Crippen LogP contribution in [0.2, 0.25) is 0 Å². The third-order valence-electron chi connectivity index (χ3n) is 4.18. The molecule has 3 aromatic carbocycles. The molecule has 0 aromatic heterocycles. The highest BCUT2D eigenvalue weighted by Crippen LogP contribution is 2.34. The van der Waals surface area contributed by atoms with E-state index < -0.39 is 5.97 Å². The molecule has 0 fully saturated rings. The van der Waals surface area contributed by atoms with Crippen LogP contribution in [0.5, 0.6) is 5.75 Å². The number of carbonyl (C=O) groups is 1. The molecule has 0 aliphatic heterocycles. The number of phenols is 1. The molecule has 3 rings (SSSR count). The lowest BCUT2D eigenvalue weighted by Gasteiger charge is -2.13. The second-order valence-electron chi connectivity index (χ2n) is 5.87. The van der Waals surface area contributed by atoms with Gasteiger partial charge < -0.3 is 9.84 Å². The molecular formula is C23H20O3. The van der Waals surface area contributed by atoms with E-state index in [2.05, 4.69) is 0 Å². The summed E-state index contributed by atoms with van der Waals surface area (Å²) in [5.74, 6) is -0.578. The van der Waals surface area contributed by atoms with Gasteiger partial charge in [-0.1, -0.05) is 84.9 Å². The predicted octanol–water partition coefficient (Wildman–Crippen LogP) is 5.10. The normalized spacial score (nSPS) is 10.8. The van der Waals surface area contributed by atoms with Crippen molar-refractivity contribution in [3.63, 3.8) is 0 Å². The van der Waals surface area contributed by atoms with Gasteiger partial charge in [-0.3, -0.25) is 0 Å². The molecule has 3 nitrogen and oxygen atoms in total. The van der Waals surface area contributed by atoms with Crippen molar-refractivity contribution in [1.29, 1.82) is 0 Å². The second-order valence-corrected chi connectivity index (χ2v) is 5.87. The molecule has 3 aromatic rings. The van der Waals surface area contributed by atoms with Crippen molar-refractivity contribution >= 4 is 12.0 Å². The molecule has 0 aliphatic carbocycles. The van der Waals surface area contributed by atoms with Crippen molar-refractivity contribution in [3.05, 3.63) is 95.6 Å². The van der Waals surface area contributed by atoms with Crippen LogP contribution in [0.15, 0.2) is 78.9 Å². The number of phenolic OH excluding ortho intramolecular Hbond substituents is 1. The maximum Gasteiger partial charge on any atom is 0.342 e. The van der Waals surface area contributed by atoms with Crippen LogP contribution in [-0.2, 0) is 11.2 Å². The number of aromatic hydroxyl groups is 1. The summed E-state index contributed by atoms with van der Waals surface area (Å²) in [5.41, 5.74) is 3.47. The zero-order chi connectivity index (χ0) is 18.4. The van der Waals surface area contributed by atoms with Gasteiger partial charge in [-0.15, -0.1) is 0 Å². The number of benzene rings is 3. The molecule has 0 amide bonds. The lowest BCUT2D eigenvalue weighted by atomic mass is 9.95. The Morgan fingerprint density at radius 3 is 2.27 bits per heavy atom. The van der Waals surface area contributed by atoms with Crippen LogP contribution in [0.25, 0.3) is 17.2 Å². The van der Waals surface area contributed by atoms with E-state index in [1.54, 1.807) is 0 Å². The summed E-state index contributed by atoms with van der Waals surface area (Å²) >= 11 is 0. The second kappa shape index (κ2) is 8.17. The first-order valence-corrected chi connectivity index (χ1v) is 8.41. The van der Waals surface area contributed by atoms with Gasteiger partial charge in [0.1, 0.15) is 11.3 Å². The van der Waals surface area contributed by atoms with E-state index in [-0.39, 0.29) is 11.3 Å². The van der Waals surface area contributed by atoms with Gasteiger partial charge in [-0.2, -0.15) is 0 Å². The maximum absolute atomic E-state index is 12.3. The highest BCUT2D eigenvalue weighted by molar-refractivity contribution is 6.00. The number of rotatable bonds is 5. The molecule has 1 N–H and O–H groups in total. The standard InChI is InChI=1S/C23H20O3/c1-26-23(25)21-20(18-12-6-3-7-13-18)16-15-19(22(21)24)14-8-11-17-9-4-2-5-10-17/h2-13,15-16,24H,14H2,1H3. The van der Waals surface area contributed by atoms with Crippen molar-refractivity contribution in [2.75, 3.05) is 7.11 Å². The summed E-state index contributed by atoms with van der Waals surface area (Å²) in [4.78, 5) is 12.3. The van der Waals surface area contributed by atoms with Crippen molar-refractivity contribution in [1.82, 2.24) is 0 Å². The first kappa shape index (κ1) is 17.5. The molecule has 0 bridgehead atoms.